The Bertz CT molecular complexity index is 231. The van der Waals surface area contributed by atoms with E-state index >= 15 is 0 Å². The molecule has 0 bridgehead atoms. The summed E-state index contributed by atoms with van der Waals surface area (Å²) in [6.45, 7) is 4.89. The molecular formula is C15H30N2O. The summed E-state index contributed by atoms with van der Waals surface area (Å²) in [5.41, 5.74) is 5.56. The predicted molar refractivity (Wildman–Crippen MR) is 76.4 cm³/mol. The second kappa shape index (κ2) is 9.37. The van der Waals surface area contributed by atoms with Gasteiger partial charge in [0.15, 0.2) is 0 Å². The molecule has 1 rings (SSSR count). The smallest absolute Gasteiger partial charge is 0.222 e. The largest absolute Gasteiger partial charge is 0.342 e. The monoisotopic (exact) mass is 254 g/mol. The third kappa shape index (κ3) is 5.85. The van der Waals surface area contributed by atoms with Crippen LogP contribution in [-0.4, -0.2) is 30.4 Å². The SMILES string of the molecule is CCCCCCCCC(=O)N1CCC(CCN)C1. The molecule has 0 aromatic carbocycles. The first-order chi connectivity index (χ1) is 8.77. The molecule has 1 aliphatic rings. The molecule has 1 heterocycles. The van der Waals surface area contributed by atoms with Crippen molar-refractivity contribution in [1.29, 1.82) is 0 Å². The van der Waals surface area contributed by atoms with Crippen LogP contribution in [0, 0.1) is 5.92 Å². The standard InChI is InChI=1S/C15H30N2O/c1-2-3-4-5-6-7-8-15(18)17-12-10-14(13-17)9-11-16/h14H,2-13,16H2,1H3. The van der Waals surface area contributed by atoms with Gasteiger partial charge in [-0.15, -0.1) is 0 Å². The first kappa shape index (κ1) is 15.5. The van der Waals surface area contributed by atoms with Gasteiger partial charge in [-0.25, -0.2) is 0 Å². The number of likely N-dealkylation sites (tertiary alicyclic amines) is 1. The van der Waals surface area contributed by atoms with Crippen LogP contribution in [0.2, 0.25) is 0 Å². The zero-order chi connectivity index (χ0) is 13.2. The molecule has 1 amide bonds. The van der Waals surface area contributed by atoms with Crippen molar-refractivity contribution in [3.63, 3.8) is 0 Å². The summed E-state index contributed by atoms with van der Waals surface area (Å²) in [6, 6.07) is 0. The van der Waals surface area contributed by atoms with E-state index in [4.69, 9.17) is 5.73 Å². The van der Waals surface area contributed by atoms with Gasteiger partial charge in [-0.2, -0.15) is 0 Å². The van der Waals surface area contributed by atoms with E-state index in [9.17, 15) is 4.79 Å². The molecule has 18 heavy (non-hydrogen) atoms. The molecule has 3 nitrogen and oxygen atoms in total. The van der Waals surface area contributed by atoms with Crippen molar-refractivity contribution >= 4 is 5.91 Å². The highest BCUT2D eigenvalue weighted by Crippen LogP contribution is 2.20. The molecular weight excluding hydrogens is 224 g/mol. The maximum absolute atomic E-state index is 12.0. The number of rotatable bonds is 9. The van der Waals surface area contributed by atoms with Crippen LogP contribution in [0.1, 0.15) is 64.7 Å². The van der Waals surface area contributed by atoms with Gasteiger partial charge in [-0.05, 0) is 31.7 Å². The van der Waals surface area contributed by atoms with Gasteiger partial charge in [0, 0.05) is 19.5 Å². The zero-order valence-corrected chi connectivity index (χ0v) is 12.0. The Kier molecular flexibility index (Phi) is 8.06. The van der Waals surface area contributed by atoms with E-state index in [-0.39, 0.29) is 0 Å². The second-order valence-corrected chi connectivity index (χ2v) is 5.59. The molecule has 0 aromatic heterocycles. The van der Waals surface area contributed by atoms with Crippen molar-refractivity contribution in [2.75, 3.05) is 19.6 Å². The summed E-state index contributed by atoms with van der Waals surface area (Å²) in [4.78, 5) is 14.0. The van der Waals surface area contributed by atoms with Crippen molar-refractivity contribution in [3.05, 3.63) is 0 Å². The Morgan fingerprint density at radius 3 is 2.67 bits per heavy atom. The minimum Gasteiger partial charge on any atom is -0.342 e. The molecule has 1 saturated heterocycles. The Morgan fingerprint density at radius 1 is 1.22 bits per heavy atom. The fourth-order valence-corrected chi connectivity index (χ4v) is 2.75. The van der Waals surface area contributed by atoms with Crippen LogP contribution in [0.3, 0.4) is 0 Å². The van der Waals surface area contributed by atoms with E-state index in [2.05, 4.69) is 6.92 Å². The van der Waals surface area contributed by atoms with Gasteiger partial charge in [0.05, 0.1) is 0 Å². The summed E-state index contributed by atoms with van der Waals surface area (Å²) in [7, 11) is 0. The van der Waals surface area contributed by atoms with E-state index in [0.29, 0.717) is 11.8 Å². The van der Waals surface area contributed by atoms with E-state index in [1.54, 1.807) is 0 Å². The number of amides is 1. The van der Waals surface area contributed by atoms with Crippen molar-refractivity contribution in [2.45, 2.75) is 64.7 Å². The lowest BCUT2D eigenvalue weighted by atomic mass is 10.1. The number of unbranched alkanes of at least 4 members (excludes halogenated alkanes) is 5. The zero-order valence-electron chi connectivity index (χ0n) is 12.0. The van der Waals surface area contributed by atoms with Crippen molar-refractivity contribution < 1.29 is 4.79 Å². The lowest BCUT2D eigenvalue weighted by Gasteiger charge is -2.16. The number of nitrogens with two attached hydrogens (primary N) is 1. The first-order valence-electron chi connectivity index (χ1n) is 7.75. The highest BCUT2D eigenvalue weighted by Gasteiger charge is 2.24. The van der Waals surface area contributed by atoms with Gasteiger partial charge in [0.25, 0.3) is 0 Å². The molecule has 106 valence electrons. The van der Waals surface area contributed by atoms with Crippen LogP contribution in [0.15, 0.2) is 0 Å². The minimum atomic E-state index is 0.366. The summed E-state index contributed by atoms with van der Waals surface area (Å²) < 4.78 is 0. The number of carbonyl (C=O) groups is 1. The molecule has 3 heteroatoms. The van der Waals surface area contributed by atoms with Gasteiger partial charge in [0.2, 0.25) is 5.91 Å². The topological polar surface area (TPSA) is 46.3 Å². The third-order valence-electron chi connectivity index (χ3n) is 3.96. The molecule has 0 spiro atoms. The summed E-state index contributed by atoms with van der Waals surface area (Å²) in [5, 5.41) is 0. The fraction of sp³-hybridized carbons (Fsp3) is 0.933. The van der Waals surface area contributed by atoms with Crippen LogP contribution in [0.5, 0.6) is 0 Å². The van der Waals surface area contributed by atoms with Gasteiger partial charge in [-0.1, -0.05) is 39.0 Å². The molecule has 2 N–H and O–H groups in total. The van der Waals surface area contributed by atoms with Crippen molar-refractivity contribution in [1.82, 2.24) is 4.90 Å². The summed E-state index contributed by atoms with van der Waals surface area (Å²) >= 11 is 0. The van der Waals surface area contributed by atoms with Gasteiger partial charge in [0.1, 0.15) is 0 Å². The molecule has 1 unspecified atom stereocenters. The van der Waals surface area contributed by atoms with Crippen LogP contribution >= 0.6 is 0 Å². The third-order valence-corrected chi connectivity index (χ3v) is 3.96. The fourth-order valence-electron chi connectivity index (χ4n) is 2.75. The van der Waals surface area contributed by atoms with Crippen LogP contribution in [0.25, 0.3) is 0 Å². The number of hydrogen-bond acceptors (Lipinski definition) is 2. The van der Waals surface area contributed by atoms with Crippen LogP contribution < -0.4 is 5.73 Å². The maximum Gasteiger partial charge on any atom is 0.222 e. The molecule has 1 atom stereocenters. The van der Waals surface area contributed by atoms with E-state index in [1.165, 1.54) is 32.1 Å². The lowest BCUT2D eigenvalue weighted by Crippen LogP contribution is -2.28. The predicted octanol–water partition coefficient (Wildman–Crippen LogP) is 2.93. The minimum absolute atomic E-state index is 0.366. The Morgan fingerprint density at radius 2 is 1.94 bits per heavy atom. The summed E-state index contributed by atoms with van der Waals surface area (Å²) in [5.74, 6) is 1.02. The van der Waals surface area contributed by atoms with Gasteiger partial charge < -0.3 is 10.6 Å². The number of nitrogens with zero attached hydrogens (tertiary/aromatic N) is 1. The molecule has 0 saturated carbocycles. The Labute approximate surface area is 112 Å². The maximum atomic E-state index is 12.0. The van der Waals surface area contributed by atoms with Gasteiger partial charge >= 0.3 is 0 Å². The average Bonchev–Trinajstić information content (AvgIpc) is 2.82. The van der Waals surface area contributed by atoms with Crippen molar-refractivity contribution in [2.24, 2.45) is 11.7 Å². The molecule has 1 fully saturated rings. The average molecular weight is 254 g/mol. The van der Waals surface area contributed by atoms with Crippen molar-refractivity contribution in [3.8, 4) is 0 Å². The molecule has 0 aromatic rings. The van der Waals surface area contributed by atoms with E-state index in [0.717, 1.165) is 45.3 Å². The van der Waals surface area contributed by atoms with Crippen LogP contribution in [-0.2, 0) is 4.79 Å². The second-order valence-electron chi connectivity index (χ2n) is 5.59. The van der Waals surface area contributed by atoms with E-state index in [1.807, 2.05) is 4.90 Å². The van der Waals surface area contributed by atoms with E-state index < -0.39 is 0 Å². The quantitative estimate of drug-likeness (QED) is 0.643. The highest BCUT2D eigenvalue weighted by atomic mass is 16.2. The lowest BCUT2D eigenvalue weighted by molar-refractivity contribution is -0.130. The molecule has 0 aliphatic carbocycles. The number of hydrogen-bond donors (Lipinski definition) is 1. The molecule has 0 radical (unpaired) electrons. The first-order valence-corrected chi connectivity index (χ1v) is 7.75. The Balaban J connectivity index is 2.03. The Hall–Kier alpha value is -0.570. The molecule has 1 aliphatic heterocycles. The number of carbonyl (C=O) groups excluding carboxylic acids is 1. The normalized spacial score (nSPS) is 19.4. The summed E-state index contributed by atoms with van der Waals surface area (Å²) in [6.07, 6.45) is 10.5. The van der Waals surface area contributed by atoms with Gasteiger partial charge in [-0.3, -0.25) is 4.79 Å². The highest BCUT2D eigenvalue weighted by molar-refractivity contribution is 5.76. The van der Waals surface area contributed by atoms with Crippen LogP contribution in [0.4, 0.5) is 0 Å².